The average Bonchev–Trinajstić information content (AvgIpc) is 2.77. The standard InChI is InChI=1S/C22H22FN5O/c23-16-6-8-18(9-7-16)24-19-12-14-28(15-13-19)21-11-10-20(26-27-21)22(29)25-17-4-2-1-3-5-17/h1-11,19,24H,12-15H2,(H,25,29). The molecule has 1 aliphatic rings. The van der Waals surface area contributed by atoms with E-state index in [1.165, 1.54) is 12.1 Å². The summed E-state index contributed by atoms with van der Waals surface area (Å²) in [5.74, 6) is 0.254. The van der Waals surface area contributed by atoms with Gasteiger partial charge in [-0.1, -0.05) is 18.2 Å². The number of hydrogen-bond acceptors (Lipinski definition) is 5. The molecule has 1 aliphatic heterocycles. The van der Waals surface area contributed by atoms with Crippen molar-refractivity contribution in [3.63, 3.8) is 0 Å². The number of rotatable bonds is 5. The molecule has 1 saturated heterocycles. The van der Waals surface area contributed by atoms with E-state index in [-0.39, 0.29) is 17.4 Å². The van der Waals surface area contributed by atoms with Gasteiger partial charge in [0.05, 0.1) is 0 Å². The van der Waals surface area contributed by atoms with Crippen LogP contribution >= 0.6 is 0 Å². The molecule has 1 amide bonds. The van der Waals surface area contributed by atoms with E-state index >= 15 is 0 Å². The summed E-state index contributed by atoms with van der Waals surface area (Å²) in [6, 6.07) is 19.6. The van der Waals surface area contributed by atoms with Gasteiger partial charge in [-0.2, -0.15) is 0 Å². The number of carbonyl (C=O) groups excluding carboxylic acids is 1. The molecule has 0 atom stereocenters. The second-order valence-corrected chi connectivity index (χ2v) is 7.01. The molecule has 148 valence electrons. The summed E-state index contributed by atoms with van der Waals surface area (Å²) in [4.78, 5) is 14.4. The summed E-state index contributed by atoms with van der Waals surface area (Å²) in [7, 11) is 0. The second kappa shape index (κ2) is 8.68. The Morgan fingerprint density at radius 3 is 2.28 bits per heavy atom. The topological polar surface area (TPSA) is 70.2 Å². The highest BCUT2D eigenvalue weighted by atomic mass is 19.1. The first kappa shape index (κ1) is 18.9. The number of amides is 1. The van der Waals surface area contributed by atoms with E-state index in [1.807, 2.05) is 36.4 Å². The van der Waals surface area contributed by atoms with Crippen molar-refractivity contribution in [3.8, 4) is 0 Å². The maximum Gasteiger partial charge on any atom is 0.276 e. The maximum absolute atomic E-state index is 13.0. The lowest BCUT2D eigenvalue weighted by atomic mass is 10.0. The van der Waals surface area contributed by atoms with Gasteiger partial charge in [-0.25, -0.2) is 4.39 Å². The molecular weight excluding hydrogens is 369 g/mol. The monoisotopic (exact) mass is 391 g/mol. The van der Waals surface area contributed by atoms with E-state index < -0.39 is 0 Å². The van der Waals surface area contributed by atoms with E-state index in [0.29, 0.717) is 6.04 Å². The molecule has 0 aliphatic carbocycles. The molecular formula is C22H22FN5O. The second-order valence-electron chi connectivity index (χ2n) is 7.01. The molecule has 3 aromatic rings. The zero-order valence-corrected chi connectivity index (χ0v) is 15.9. The summed E-state index contributed by atoms with van der Waals surface area (Å²) < 4.78 is 13.0. The zero-order chi connectivity index (χ0) is 20.1. The molecule has 4 rings (SSSR count). The molecule has 2 aromatic carbocycles. The fraction of sp³-hybridized carbons (Fsp3) is 0.227. The van der Waals surface area contributed by atoms with Crippen LogP contribution in [0.15, 0.2) is 66.7 Å². The number of halogens is 1. The minimum Gasteiger partial charge on any atom is -0.382 e. The van der Waals surface area contributed by atoms with Gasteiger partial charge in [-0.15, -0.1) is 10.2 Å². The largest absolute Gasteiger partial charge is 0.382 e. The molecule has 0 spiro atoms. The molecule has 0 radical (unpaired) electrons. The van der Waals surface area contributed by atoms with Crippen molar-refractivity contribution >= 4 is 23.1 Å². The third-order valence-corrected chi connectivity index (χ3v) is 4.95. The minimum atomic E-state index is -0.280. The van der Waals surface area contributed by atoms with Crippen molar-refractivity contribution in [2.45, 2.75) is 18.9 Å². The smallest absolute Gasteiger partial charge is 0.276 e. The Labute approximate surface area is 168 Å². The highest BCUT2D eigenvalue weighted by Gasteiger charge is 2.21. The maximum atomic E-state index is 13.0. The Hall–Kier alpha value is -3.48. The van der Waals surface area contributed by atoms with Gasteiger partial charge in [0.15, 0.2) is 11.5 Å². The third-order valence-electron chi connectivity index (χ3n) is 4.95. The summed E-state index contributed by atoms with van der Waals surface area (Å²) in [6.07, 6.45) is 1.88. The van der Waals surface area contributed by atoms with E-state index in [0.717, 1.165) is 43.1 Å². The normalized spacial score (nSPS) is 14.4. The molecule has 2 N–H and O–H groups in total. The van der Waals surface area contributed by atoms with Crippen molar-refractivity contribution in [1.82, 2.24) is 10.2 Å². The van der Waals surface area contributed by atoms with Crippen LogP contribution in [0.5, 0.6) is 0 Å². The van der Waals surface area contributed by atoms with Crippen LogP contribution in [0.2, 0.25) is 0 Å². The lowest BCUT2D eigenvalue weighted by molar-refractivity contribution is 0.102. The van der Waals surface area contributed by atoms with Gasteiger partial charge in [-0.05, 0) is 61.4 Å². The van der Waals surface area contributed by atoms with Gasteiger partial charge in [0.2, 0.25) is 0 Å². The van der Waals surface area contributed by atoms with Crippen molar-refractivity contribution in [2.75, 3.05) is 28.6 Å². The van der Waals surface area contributed by atoms with Gasteiger partial charge in [0.25, 0.3) is 5.91 Å². The Balaban J connectivity index is 1.30. The lowest BCUT2D eigenvalue weighted by Gasteiger charge is -2.33. The Bertz CT molecular complexity index is 939. The van der Waals surface area contributed by atoms with Crippen molar-refractivity contribution in [3.05, 3.63) is 78.2 Å². The van der Waals surface area contributed by atoms with Crippen LogP contribution in [0, 0.1) is 5.82 Å². The highest BCUT2D eigenvalue weighted by Crippen LogP contribution is 2.21. The number of carbonyl (C=O) groups is 1. The predicted octanol–water partition coefficient (Wildman–Crippen LogP) is 3.95. The molecule has 0 unspecified atom stereocenters. The van der Waals surface area contributed by atoms with Crippen molar-refractivity contribution in [2.24, 2.45) is 0 Å². The fourth-order valence-electron chi connectivity index (χ4n) is 3.37. The molecule has 29 heavy (non-hydrogen) atoms. The first-order valence-corrected chi connectivity index (χ1v) is 9.64. The van der Waals surface area contributed by atoms with E-state index in [4.69, 9.17) is 0 Å². The van der Waals surface area contributed by atoms with Crippen molar-refractivity contribution in [1.29, 1.82) is 0 Å². The molecule has 2 heterocycles. The first-order chi connectivity index (χ1) is 14.2. The summed E-state index contributed by atoms with van der Waals surface area (Å²) in [5.41, 5.74) is 1.93. The van der Waals surface area contributed by atoms with E-state index in [9.17, 15) is 9.18 Å². The van der Waals surface area contributed by atoms with Gasteiger partial charge in [0, 0.05) is 30.5 Å². The number of hydrogen-bond donors (Lipinski definition) is 2. The molecule has 7 heteroatoms. The molecule has 1 fully saturated rings. The Kier molecular flexibility index (Phi) is 5.65. The van der Waals surface area contributed by atoms with Gasteiger partial charge >= 0.3 is 0 Å². The van der Waals surface area contributed by atoms with Crippen LogP contribution in [0.4, 0.5) is 21.6 Å². The van der Waals surface area contributed by atoms with Crippen LogP contribution in [0.25, 0.3) is 0 Å². The average molecular weight is 391 g/mol. The predicted molar refractivity (Wildman–Crippen MR) is 112 cm³/mol. The third kappa shape index (κ3) is 4.87. The number of anilines is 3. The van der Waals surface area contributed by atoms with Crippen LogP contribution < -0.4 is 15.5 Å². The number of nitrogens with zero attached hydrogens (tertiary/aromatic N) is 3. The summed E-state index contributed by atoms with van der Waals surface area (Å²) >= 11 is 0. The van der Waals surface area contributed by atoms with Crippen LogP contribution in [-0.4, -0.2) is 35.2 Å². The first-order valence-electron chi connectivity index (χ1n) is 9.64. The van der Waals surface area contributed by atoms with Gasteiger partial charge in [0.1, 0.15) is 5.82 Å². The van der Waals surface area contributed by atoms with Crippen LogP contribution in [0.1, 0.15) is 23.3 Å². The molecule has 0 bridgehead atoms. The number of benzene rings is 2. The summed E-state index contributed by atoms with van der Waals surface area (Å²) in [5, 5.41) is 14.6. The highest BCUT2D eigenvalue weighted by molar-refractivity contribution is 6.02. The molecule has 1 aromatic heterocycles. The Morgan fingerprint density at radius 1 is 0.897 bits per heavy atom. The van der Waals surface area contributed by atoms with Crippen LogP contribution in [-0.2, 0) is 0 Å². The van der Waals surface area contributed by atoms with E-state index in [1.54, 1.807) is 18.2 Å². The lowest BCUT2D eigenvalue weighted by Crippen LogP contribution is -2.39. The zero-order valence-electron chi connectivity index (χ0n) is 15.9. The van der Waals surface area contributed by atoms with Crippen LogP contribution in [0.3, 0.4) is 0 Å². The minimum absolute atomic E-state index is 0.232. The quantitative estimate of drug-likeness (QED) is 0.689. The number of piperidine rings is 1. The SMILES string of the molecule is O=C(Nc1ccccc1)c1ccc(N2CCC(Nc3ccc(F)cc3)CC2)nn1. The fourth-order valence-corrected chi connectivity index (χ4v) is 3.37. The number of para-hydroxylation sites is 1. The van der Waals surface area contributed by atoms with Gasteiger partial charge in [-0.3, -0.25) is 4.79 Å². The van der Waals surface area contributed by atoms with E-state index in [2.05, 4.69) is 25.7 Å². The molecule has 0 saturated carbocycles. The summed E-state index contributed by atoms with van der Waals surface area (Å²) in [6.45, 7) is 1.67. The van der Waals surface area contributed by atoms with Crippen molar-refractivity contribution < 1.29 is 9.18 Å². The number of aromatic nitrogens is 2. The number of nitrogens with one attached hydrogen (secondary N) is 2. The Morgan fingerprint density at radius 2 is 1.62 bits per heavy atom. The van der Waals surface area contributed by atoms with Gasteiger partial charge < -0.3 is 15.5 Å². The molecule has 6 nitrogen and oxygen atoms in total.